The van der Waals surface area contributed by atoms with Crippen molar-refractivity contribution in [3.63, 3.8) is 0 Å². The minimum Gasteiger partial charge on any atom is -0.354 e. The van der Waals surface area contributed by atoms with Gasteiger partial charge in [-0.3, -0.25) is 4.90 Å². The van der Waals surface area contributed by atoms with Gasteiger partial charge in [-0.25, -0.2) is 4.98 Å². The van der Waals surface area contributed by atoms with Crippen LogP contribution in [0.1, 0.15) is 38.7 Å². The minimum atomic E-state index is 0.563. The second-order valence-corrected chi connectivity index (χ2v) is 5.43. The van der Waals surface area contributed by atoms with Gasteiger partial charge in [0.05, 0.1) is 0 Å². The van der Waals surface area contributed by atoms with Crippen LogP contribution in [-0.2, 0) is 0 Å². The van der Waals surface area contributed by atoms with Gasteiger partial charge in [-0.15, -0.1) is 0 Å². The molecule has 100 valence electrons. The van der Waals surface area contributed by atoms with Gasteiger partial charge < -0.3 is 4.90 Å². The zero-order chi connectivity index (χ0) is 13.0. The van der Waals surface area contributed by atoms with Crippen LogP contribution >= 0.6 is 0 Å². The van der Waals surface area contributed by atoms with Gasteiger partial charge >= 0.3 is 0 Å². The first-order chi connectivity index (χ1) is 8.70. The van der Waals surface area contributed by atoms with E-state index in [1.54, 1.807) is 0 Å². The number of pyridine rings is 1. The number of rotatable bonds is 4. The molecule has 0 amide bonds. The first-order valence-corrected chi connectivity index (χ1v) is 7.14. The highest BCUT2D eigenvalue weighted by Gasteiger charge is 2.17. The van der Waals surface area contributed by atoms with Crippen molar-refractivity contribution in [1.82, 2.24) is 9.88 Å². The summed E-state index contributed by atoms with van der Waals surface area (Å²) in [5, 5.41) is 0. The Bertz CT molecular complexity index is 351. The summed E-state index contributed by atoms with van der Waals surface area (Å²) in [7, 11) is 0. The molecule has 0 N–H and O–H groups in total. The molecule has 1 aliphatic heterocycles. The molecule has 0 spiro atoms. The summed E-state index contributed by atoms with van der Waals surface area (Å²) in [4.78, 5) is 9.54. The van der Waals surface area contributed by atoms with E-state index >= 15 is 0 Å². The van der Waals surface area contributed by atoms with E-state index in [4.69, 9.17) is 0 Å². The van der Waals surface area contributed by atoms with E-state index < -0.39 is 0 Å². The molecule has 3 nitrogen and oxygen atoms in total. The van der Waals surface area contributed by atoms with Crippen molar-refractivity contribution in [3.8, 4) is 0 Å². The van der Waals surface area contributed by atoms with Crippen LogP contribution in [0.2, 0.25) is 0 Å². The monoisotopic (exact) mass is 247 g/mol. The van der Waals surface area contributed by atoms with Gasteiger partial charge in [-0.05, 0) is 30.5 Å². The Morgan fingerprint density at radius 1 is 1.17 bits per heavy atom. The van der Waals surface area contributed by atoms with Crippen LogP contribution in [0.15, 0.2) is 18.3 Å². The molecule has 18 heavy (non-hydrogen) atoms. The molecular formula is C15H25N3. The molecule has 1 aromatic heterocycles. The second kappa shape index (κ2) is 6.19. The standard InChI is InChI=1S/C15H25N3/c1-4-7-17-8-10-18(11-9-17)15-6-5-14(12-16-15)13(2)3/h5-6,12-13H,4,7-11H2,1-3H3. The lowest BCUT2D eigenvalue weighted by atomic mass is 10.1. The van der Waals surface area contributed by atoms with Crippen LogP contribution in [0, 0.1) is 0 Å². The predicted molar refractivity (Wildman–Crippen MR) is 77.3 cm³/mol. The number of anilines is 1. The van der Waals surface area contributed by atoms with Crippen molar-refractivity contribution >= 4 is 5.82 Å². The minimum absolute atomic E-state index is 0.563. The van der Waals surface area contributed by atoms with Gasteiger partial charge in [0.1, 0.15) is 5.82 Å². The quantitative estimate of drug-likeness (QED) is 0.815. The topological polar surface area (TPSA) is 19.4 Å². The van der Waals surface area contributed by atoms with Crippen LogP contribution in [0.5, 0.6) is 0 Å². The molecule has 0 atom stereocenters. The van der Waals surface area contributed by atoms with Gasteiger partial charge in [0, 0.05) is 32.4 Å². The largest absolute Gasteiger partial charge is 0.354 e. The molecule has 0 aromatic carbocycles. The molecule has 0 radical (unpaired) electrons. The summed E-state index contributed by atoms with van der Waals surface area (Å²) in [6.45, 7) is 12.4. The molecule has 0 saturated carbocycles. The van der Waals surface area contributed by atoms with Crippen molar-refractivity contribution in [1.29, 1.82) is 0 Å². The number of aromatic nitrogens is 1. The van der Waals surface area contributed by atoms with E-state index in [9.17, 15) is 0 Å². The number of hydrogen-bond acceptors (Lipinski definition) is 3. The van der Waals surface area contributed by atoms with Crippen molar-refractivity contribution in [2.75, 3.05) is 37.6 Å². The van der Waals surface area contributed by atoms with E-state index in [1.807, 2.05) is 6.20 Å². The van der Waals surface area contributed by atoms with Crippen molar-refractivity contribution in [2.45, 2.75) is 33.1 Å². The third kappa shape index (κ3) is 3.22. The zero-order valence-electron chi connectivity index (χ0n) is 11.9. The maximum absolute atomic E-state index is 4.60. The average molecular weight is 247 g/mol. The average Bonchev–Trinajstić information content (AvgIpc) is 2.40. The summed E-state index contributed by atoms with van der Waals surface area (Å²) >= 11 is 0. The molecule has 0 bridgehead atoms. The highest BCUT2D eigenvalue weighted by molar-refractivity contribution is 5.40. The normalized spacial score (nSPS) is 17.4. The highest BCUT2D eigenvalue weighted by Crippen LogP contribution is 2.18. The Hall–Kier alpha value is -1.09. The Balaban J connectivity index is 1.93. The van der Waals surface area contributed by atoms with Crippen LogP contribution in [0.4, 0.5) is 5.82 Å². The number of nitrogens with zero attached hydrogens (tertiary/aromatic N) is 3. The molecule has 0 aliphatic carbocycles. The SMILES string of the molecule is CCCN1CCN(c2ccc(C(C)C)cn2)CC1. The lowest BCUT2D eigenvalue weighted by Crippen LogP contribution is -2.46. The third-order valence-corrected chi connectivity index (χ3v) is 3.67. The third-order valence-electron chi connectivity index (χ3n) is 3.67. The molecule has 1 aliphatic rings. The molecule has 2 rings (SSSR count). The van der Waals surface area contributed by atoms with Gasteiger partial charge in [-0.1, -0.05) is 26.8 Å². The van der Waals surface area contributed by atoms with E-state index in [0.717, 1.165) is 18.9 Å². The fourth-order valence-electron chi connectivity index (χ4n) is 2.44. The van der Waals surface area contributed by atoms with E-state index in [-0.39, 0.29) is 0 Å². The Morgan fingerprint density at radius 3 is 2.39 bits per heavy atom. The molecule has 1 saturated heterocycles. The fourth-order valence-corrected chi connectivity index (χ4v) is 2.44. The van der Waals surface area contributed by atoms with Crippen LogP contribution in [0.3, 0.4) is 0 Å². The summed E-state index contributed by atoms with van der Waals surface area (Å²) < 4.78 is 0. The Morgan fingerprint density at radius 2 is 1.89 bits per heavy atom. The number of hydrogen-bond donors (Lipinski definition) is 0. The maximum Gasteiger partial charge on any atom is 0.128 e. The molecule has 1 fully saturated rings. The van der Waals surface area contributed by atoms with Gasteiger partial charge in [0.25, 0.3) is 0 Å². The lowest BCUT2D eigenvalue weighted by Gasteiger charge is -2.35. The first-order valence-electron chi connectivity index (χ1n) is 7.14. The van der Waals surface area contributed by atoms with Crippen LogP contribution < -0.4 is 4.90 Å². The van der Waals surface area contributed by atoms with E-state index in [2.05, 4.69) is 47.7 Å². The van der Waals surface area contributed by atoms with Crippen molar-refractivity contribution in [3.05, 3.63) is 23.9 Å². The van der Waals surface area contributed by atoms with Crippen LogP contribution in [0.25, 0.3) is 0 Å². The van der Waals surface area contributed by atoms with Gasteiger partial charge in [0.2, 0.25) is 0 Å². The van der Waals surface area contributed by atoms with Crippen LogP contribution in [-0.4, -0.2) is 42.6 Å². The molecule has 3 heteroatoms. The molecular weight excluding hydrogens is 222 g/mol. The van der Waals surface area contributed by atoms with Crippen molar-refractivity contribution in [2.24, 2.45) is 0 Å². The summed E-state index contributed by atoms with van der Waals surface area (Å²) in [5.74, 6) is 1.70. The summed E-state index contributed by atoms with van der Waals surface area (Å²) in [6.07, 6.45) is 3.28. The van der Waals surface area contributed by atoms with Gasteiger partial charge in [0.15, 0.2) is 0 Å². The van der Waals surface area contributed by atoms with Gasteiger partial charge in [-0.2, -0.15) is 0 Å². The lowest BCUT2D eigenvalue weighted by molar-refractivity contribution is 0.258. The Kier molecular flexibility index (Phi) is 4.59. The fraction of sp³-hybridized carbons (Fsp3) is 0.667. The predicted octanol–water partition coefficient (Wildman–Crippen LogP) is 2.74. The molecule has 0 unspecified atom stereocenters. The van der Waals surface area contributed by atoms with E-state index in [0.29, 0.717) is 5.92 Å². The smallest absolute Gasteiger partial charge is 0.128 e. The molecule has 2 heterocycles. The highest BCUT2D eigenvalue weighted by atomic mass is 15.3. The van der Waals surface area contributed by atoms with E-state index in [1.165, 1.54) is 31.6 Å². The second-order valence-electron chi connectivity index (χ2n) is 5.43. The first kappa shape index (κ1) is 13.3. The summed E-state index contributed by atoms with van der Waals surface area (Å²) in [6, 6.07) is 4.39. The zero-order valence-corrected chi connectivity index (χ0v) is 11.9. The Labute approximate surface area is 111 Å². The maximum atomic E-state index is 4.60. The molecule has 1 aromatic rings. The van der Waals surface area contributed by atoms with Crippen molar-refractivity contribution < 1.29 is 0 Å². The number of piperazine rings is 1. The summed E-state index contributed by atoms with van der Waals surface area (Å²) in [5.41, 5.74) is 1.32.